The Hall–Kier alpha value is -1.40. The summed E-state index contributed by atoms with van der Waals surface area (Å²) in [5.41, 5.74) is 0.589. The molecule has 17 heavy (non-hydrogen) atoms. The number of benzene rings is 1. The molecule has 2 rings (SSSR count). The van der Waals surface area contributed by atoms with Gasteiger partial charge in [-0.2, -0.15) is 0 Å². The molecule has 1 aromatic rings. The van der Waals surface area contributed by atoms with Gasteiger partial charge >= 0.3 is 0 Å². The molecule has 0 saturated carbocycles. The van der Waals surface area contributed by atoms with Crippen LogP contribution < -0.4 is 10.1 Å². The van der Waals surface area contributed by atoms with Crippen molar-refractivity contribution in [1.82, 2.24) is 5.32 Å². The fraction of sp³-hybridized carbons (Fsp3) is 0.0909. The van der Waals surface area contributed by atoms with Crippen LogP contribution in [0, 0.1) is 5.82 Å². The lowest BCUT2D eigenvalue weighted by Gasteiger charge is -2.02. The highest BCUT2D eigenvalue weighted by molar-refractivity contribution is 8.26. The molecule has 6 heteroatoms. The summed E-state index contributed by atoms with van der Waals surface area (Å²) in [5.74, 6) is -0.546. The molecular formula is C11H8FNO2S2. The van der Waals surface area contributed by atoms with Crippen LogP contribution in [0.5, 0.6) is 5.75 Å². The fourth-order valence-corrected chi connectivity index (χ4v) is 2.39. The number of nitrogens with one attached hydrogen (secondary N) is 1. The smallest absolute Gasteiger partial charge is 0.263 e. The fourth-order valence-electron chi connectivity index (χ4n) is 1.34. The summed E-state index contributed by atoms with van der Waals surface area (Å²) in [6.07, 6.45) is 1.59. The number of methoxy groups -OCH3 is 1. The molecule has 0 bridgehead atoms. The zero-order chi connectivity index (χ0) is 12.4. The van der Waals surface area contributed by atoms with Crippen molar-refractivity contribution < 1.29 is 13.9 Å². The predicted molar refractivity (Wildman–Crippen MR) is 69.3 cm³/mol. The van der Waals surface area contributed by atoms with Gasteiger partial charge in [0.1, 0.15) is 4.32 Å². The number of rotatable bonds is 2. The number of thioether (sulfide) groups is 1. The summed E-state index contributed by atoms with van der Waals surface area (Å²) in [6.45, 7) is 0. The van der Waals surface area contributed by atoms with Crippen molar-refractivity contribution in [2.75, 3.05) is 7.11 Å². The van der Waals surface area contributed by atoms with Crippen molar-refractivity contribution in [3.05, 3.63) is 34.5 Å². The monoisotopic (exact) mass is 269 g/mol. The summed E-state index contributed by atoms with van der Waals surface area (Å²) < 4.78 is 18.6. The van der Waals surface area contributed by atoms with Gasteiger partial charge in [-0.15, -0.1) is 0 Å². The van der Waals surface area contributed by atoms with Crippen LogP contribution >= 0.6 is 24.0 Å². The Morgan fingerprint density at radius 1 is 1.53 bits per heavy atom. The molecule has 1 amide bonds. The number of hydrogen-bond acceptors (Lipinski definition) is 4. The maximum absolute atomic E-state index is 13.4. The molecule has 1 aliphatic heterocycles. The summed E-state index contributed by atoms with van der Waals surface area (Å²) in [4.78, 5) is 11.8. The largest absolute Gasteiger partial charge is 0.494 e. The Balaban J connectivity index is 2.30. The Kier molecular flexibility index (Phi) is 3.44. The number of thiocarbonyl (C=S) groups is 1. The van der Waals surface area contributed by atoms with E-state index in [9.17, 15) is 9.18 Å². The van der Waals surface area contributed by atoms with Gasteiger partial charge in [-0.25, -0.2) is 4.39 Å². The quantitative estimate of drug-likeness (QED) is 0.660. The van der Waals surface area contributed by atoms with E-state index in [1.165, 1.54) is 19.2 Å². The van der Waals surface area contributed by atoms with Crippen LogP contribution in [0.15, 0.2) is 23.1 Å². The molecular weight excluding hydrogens is 261 g/mol. The summed E-state index contributed by atoms with van der Waals surface area (Å²) >= 11 is 6.01. The zero-order valence-corrected chi connectivity index (χ0v) is 10.5. The van der Waals surface area contributed by atoms with Crippen molar-refractivity contribution in [2.45, 2.75) is 0 Å². The number of carbonyl (C=O) groups is 1. The van der Waals surface area contributed by atoms with Crippen LogP contribution in [0.25, 0.3) is 6.08 Å². The van der Waals surface area contributed by atoms with Crippen molar-refractivity contribution in [3.8, 4) is 5.75 Å². The molecule has 0 atom stereocenters. The van der Waals surface area contributed by atoms with Gasteiger partial charge < -0.3 is 10.1 Å². The number of amides is 1. The maximum Gasteiger partial charge on any atom is 0.263 e. The first-order chi connectivity index (χ1) is 8.10. The standard InChI is InChI=1S/C11H8FNO2S2/c1-15-8-3-2-6(4-7(8)12)5-9-10(14)13-11(16)17-9/h2-5H,1H3,(H,13,14,16). The molecule has 0 aliphatic carbocycles. The zero-order valence-electron chi connectivity index (χ0n) is 8.82. The summed E-state index contributed by atoms with van der Waals surface area (Å²) in [5, 5.41) is 2.49. The van der Waals surface area contributed by atoms with Crippen LogP contribution in [-0.2, 0) is 4.79 Å². The van der Waals surface area contributed by atoms with Crippen LogP contribution in [0.1, 0.15) is 5.56 Å². The molecule has 1 N–H and O–H groups in total. The minimum absolute atomic E-state index is 0.172. The van der Waals surface area contributed by atoms with Gasteiger partial charge in [0.2, 0.25) is 0 Å². The lowest BCUT2D eigenvalue weighted by molar-refractivity contribution is -0.115. The minimum atomic E-state index is -0.465. The average Bonchev–Trinajstić information content (AvgIpc) is 2.58. The number of halogens is 1. The second-order valence-corrected chi connectivity index (χ2v) is 4.97. The minimum Gasteiger partial charge on any atom is -0.494 e. The second-order valence-electron chi connectivity index (χ2n) is 3.25. The Labute approximate surface area is 107 Å². The van der Waals surface area contributed by atoms with Gasteiger partial charge in [0, 0.05) is 0 Å². The van der Waals surface area contributed by atoms with Crippen LogP contribution in [0.3, 0.4) is 0 Å². The Morgan fingerprint density at radius 3 is 2.82 bits per heavy atom. The van der Waals surface area contributed by atoms with Gasteiger partial charge in [0.15, 0.2) is 11.6 Å². The maximum atomic E-state index is 13.4. The van der Waals surface area contributed by atoms with Gasteiger partial charge in [0.05, 0.1) is 12.0 Å². The third kappa shape index (κ3) is 2.65. The lowest BCUT2D eigenvalue weighted by Crippen LogP contribution is -2.17. The van der Waals surface area contributed by atoms with Crippen LogP contribution in [0.2, 0.25) is 0 Å². The number of hydrogen-bond donors (Lipinski definition) is 1. The van der Waals surface area contributed by atoms with Crippen LogP contribution in [0.4, 0.5) is 4.39 Å². The normalized spacial score (nSPS) is 17.4. The van der Waals surface area contributed by atoms with E-state index in [0.717, 1.165) is 11.8 Å². The van der Waals surface area contributed by atoms with E-state index < -0.39 is 5.82 Å². The first-order valence-electron chi connectivity index (χ1n) is 4.68. The van der Waals surface area contributed by atoms with Crippen molar-refractivity contribution in [3.63, 3.8) is 0 Å². The molecule has 1 aliphatic rings. The van der Waals surface area contributed by atoms with Gasteiger partial charge in [0.25, 0.3) is 5.91 Å². The highest BCUT2D eigenvalue weighted by atomic mass is 32.2. The molecule has 1 saturated heterocycles. The molecule has 1 fully saturated rings. The molecule has 88 valence electrons. The first-order valence-corrected chi connectivity index (χ1v) is 5.91. The molecule has 0 radical (unpaired) electrons. The predicted octanol–water partition coefficient (Wildman–Crippen LogP) is 2.32. The number of ether oxygens (including phenoxy) is 1. The second kappa shape index (κ2) is 4.85. The molecule has 0 aromatic heterocycles. The van der Waals surface area contributed by atoms with E-state index in [2.05, 4.69) is 5.32 Å². The molecule has 0 spiro atoms. The summed E-state index contributed by atoms with van der Waals surface area (Å²) in [7, 11) is 1.40. The van der Waals surface area contributed by atoms with E-state index in [1.54, 1.807) is 12.1 Å². The third-order valence-electron chi connectivity index (χ3n) is 2.12. The highest BCUT2D eigenvalue weighted by Crippen LogP contribution is 2.27. The molecule has 0 unspecified atom stereocenters. The van der Waals surface area contributed by atoms with E-state index in [-0.39, 0.29) is 11.7 Å². The van der Waals surface area contributed by atoms with E-state index in [1.807, 2.05) is 0 Å². The molecule has 1 aromatic carbocycles. The molecule has 3 nitrogen and oxygen atoms in total. The van der Waals surface area contributed by atoms with Crippen LogP contribution in [-0.4, -0.2) is 17.3 Å². The summed E-state index contributed by atoms with van der Waals surface area (Å²) in [6, 6.07) is 4.49. The topological polar surface area (TPSA) is 38.3 Å². The van der Waals surface area contributed by atoms with Gasteiger partial charge in [-0.3, -0.25) is 4.79 Å². The van der Waals surface area contributed by atoms with E-state index in [0.29, 0.717) is 14.8 Å². The van der Waals surface area contributed by atoms with Gasteiger partial charge in [-0.05, 0) is 23.8 Å². The van der Waals surface area contributed by atoms with Crippen molar-refractivity contribution in [2.24, 2.45) is 0 Å². The van der Waals surface area contributed by atoms with E-state index >= 15 is 0 Å². The average molecular weight is 269 g/mol. The Morgan fingerprint density at radius 2 is 2.29 bits per heavy atom. The van der Waals surface area contributed by atoms with Gasteiger partial charge in [-0.1, -0.05) is 30.0 Å². The lowest BCUT2D eigenvalue weighted by atomic mass is 10.2. The highest BCUT2D eigenvalue weighted by Gasteiger charge is 2.21. The Bertz CT molecular complexity index is 528. The third-order valence-corrected chi connectivity index (χ3v) is 3.28. The van der Waals surface area contributed by atoms with Crippen molar-refractivity contribution >= 4 is 40.3 Å². The van der Waals surface area contributed by atoms with Crippen molar-refractivity contribution in [1.29, 1.82) is 0 Å². The number of carbonyl (C=O) groups excluding carboxylic acids is 1. The first kappa shape index (κ1) is 12.1. The molecule has 1 heterocycles. The SMILES string of the molecule is COc1ccc(C=C2SC(=S)NC2=O)cc1F. The van der Waals surface area contributed by atoms with E-state index in [4.69, 9.17) is 17.0 Å².